The van der Waals surface area contributed by atoms with Crippen LogP contribution in [0.1, 0.15) is 26.7 Å². The molecular formula is C12H18O2. The van der Waals surface area contributed by atoms with Gasteiger partial charge in [-0.15, -0.1) is 0 Å². The van der Waals surface area contributed by atoms with Crippen LogP contribution in [0.3, 0.4) is 0 Å². The fourth-order valence-corrected chi connectivity index (χ4v) is 1.37. The van der Waals surface area contributed by atoms with Crippen molar-refractivity contribution in [3.05, 3.63) is 35.3 Å². The summed E-state index contributed by atoms with van der Waals surface area (Å²) in [5.74, 6) is 1.94. The van der Waals surface area contributed by atoms with Gasteiger partial charge in [0.2, 0.25) is 0 Å². The van der Waals surface area contributed by atoms with Crippen molar-refractivity contribution in [3.63, 3.8) is 0 Å². The topological polar surface area (TPSA) is 18.5 Å². The van der Waals surface area contributed by atoms with Crippen molar-refractivity contribution in [2.24, 2.45) is 0 Å². The van der Waals surface area contributed by atoms with Gasteiger partial charge >= 0.3 is 0 Å². The van der Waals surface area contributed by atoms with Crippen LogP contribution in [0.15, 0.2) is 35.3 Å². The number of hydrogen-bond acceptors (Lipinski definition) is 2. The van der Waals surface area contributed by atoms with E-state index in [4.69, 9.17) is 9.47 Å². The molecule has 0 fully saturated rings. The summed E-state index contributed by atoms with van der Waals surface area (Å²) in [6.07, 6.45) is 7.98. The minimum Gasteiger partial charge on any atom is -0.501 e. The van der Waals surface area contributed by atoms with E-state index >= 15 is 0 Å². The van der Waals surface area contributed by atoms with Gasteiger partial charge in [0.25, 0.3) is 0 Å². The largest absolute Gasteiger partial charge is 0.501 e. The van der Waals surface area contributed by atoms with Crippen LogP contribution in [0.2, 0.25) is 0 Å². The summed E-state index contributed by atoms with van der Waals surface area (Å²) < 4.78 is 10.8. The zero-order valence-corrected chi connectivity index (χ0v) is 9.17. The van der Waals surface area contributed by atoms with E-state index in [-0.39, 0.29) is 0 Å². The number of rotatable bonds is 4. The Morgan fingerprint density at radius 1 is 1.21 bits per heavy atom. The summed E-state index contributed by atoms with van der Waals surface area (Å²) in [5.41, 5.74) is 1.27. The molecule has 0 aromatic heterocycles. The van der Waals surface area contributed by atoms with Gasteiger partial charge in [-0.3, -0.25) is 0 Å². The van der Waals surface area contributed by atoms with Crippen LogP contribution in [0, 0.1) is 0 Å². The van der Waals surface area contributed by atoms with E-state index in [0.717, 1.165) is 24.4 Å². The SMILES string of the molecule is CCOC1=CC=C(CC)C=C(OC)C1. The van der Waals surface area contributed by atoms with Gasteiger partial charge < -0.3 is 9.47 Å². The highest BCUT2D eigenvalue weighted by Crippen LogP contribution is 2.20. The first kappa shape index (κ1) is 10.9. The minimum absolute atomic E-state index is 0.706. The van der Waals surface area contributed by atoms with Gasteiger partial charge in [-0.1, -0.05) is 13.0 Å². The van der Waals surface area contributed by atoms with Crippen molar-refractivity contribution in [3.8, 4) is 0 Å². The highest BCUT2D eigenvalue weighted by molar-refractivity contribution is 5.31. The number of methoxy groups -OCH3 is 1. The maximum atomic E-state index is 5.48. The average Bonchev–Trinajstić information content (AvgIpc) is 2.40. The molecule has 1 aliphatic carbocycles. The van der Waals surface area contributed by atoms with E-state index < -0.39 is 0 Å². The Kier molecular flexibility index (Phi) is 4.30. The third-order valence-corrected chi connectivity index (χ3v) is 2.18. The van der Waals surface area contributed by atoms with Crippen LogP contribution in [0.25, 0.3) is 0 Å². The molecule has 0 aliphatic heterocycles. The summed E-state index contributed by atoms with van der Waals surface area (Å²) in [6.45, 7) is 4.83. The summed E-state index contributed by atoms with van der Waals surface area (Å²) in [4.78, 5) is 0. The maximum Gasteiger partial charge on any atom is 0.103 e. The lowest BCUT2D eigenvalue weighted by Crippen LogP contribution is -1.95. The molecule has 0 atom stereocenters. The molecule has 0 aromatic carbocycles. The Balaban J connectivity index is 2.81. The van der Waals surface area contributed by atoms with Crippen LogP contribution in [0.5, 0.6) is 0 Å². The zero-order chi connectivity index (χ0) is 10.4. The van der Waals surface area contributed by atoms with E-state index in [1.807, 2.05) is 13.0 Å². The van der Waals surface area contributed by atoms with Crippen molar-refractivity contribution in [2.45, 2.75) is 26.7 Å². The van der Waals surface area contributed by atoms with Gasteiger partial charge in [-0.2, -0.15) is 0 Å². The molecule has 0 bridgehead atoms. The van der Waals surface area contributed by atoms with Gasteiger partial charge in [0.05, 0.1) is 20.1 Å². The maximum absolute atomic E-state index is 5.48. The Labute approximate surface area is 85.9 Å². The quantitative estimate of drug-likeness (QED) is 0.684. The standard InChI is InChI=1S/C12H18O2/c1-4-10-6-7-11(14-5-2)9-12(8-10)13-3/h6-8H,4-5,9H2,1-3H3. The number of hydrogen-bond donors (Lipinski definition) is 0. The van der Waals surface area contributed by atoms with Gasteiger partial charge in [-0.05, 0) is 31.1 Å². The van der Waals surface area contributed by atoms with Crippen LogP contribution < -0.4 is 0 Å². The highest BCUT2D eigenvalue weighted by atomic mass is 16.5. The second-order valence-electron chi connectivity index (χ2n) is 3.15. The first-order valence-corrected chi connectivity index (χ1v) is 5.07. The molecule has 0 amide bonds. The molecule has 14 heavy (non-hydrogen) atoms. The third kappa shape index (κ3) is 2.95. The molecular weight excluding hydrogens is 176 g/mol. The molecule has 2 heteroatoms. The van der Waals surface area contributed by atoms with Crippen molar-refractivity contribution in [1.29, 1.82) is 0 Å². The first-order valence-electron chi connectivity index (χ1n) is 5.07. The smallest absolute Gasteiger partial charge is 0.103 e. The summed E-state index contributed by atoms with van der Waals surface area (Å²) >= 11 is 0. The monoisotopic (exact) mass is 194 g/mol. The van der Waals surface area contributed by atoms with E-state index in [9.17, 15) is 0 Å². The summed E-state index contributed by atoms with van der Waals surface area (Å²) in [6, 6.07) is 0. The van der Waals surface area contributed by atoms with E-state index in [2.05, 4.69) is 19.1 Å². The minimum atomic E-state index is 0.706. The van der Waals surface area contributed by atoms with Crippen LogP contribution in [-0.2, 0) is 9.47 Å². The third-order valence-electron chi connectivity index (χ3n) is 2.18. The molecule has 78 valence electrons. The lowest BCUT2D eigenvalue weighted by atomic mass is 10.2. The fraction of sp³-hybridized carbons (Fsp3) is 0.500. The predicted molar refractivity (Wildman–Crippen MR) is 57.8 cm³/mol. The Morgan fingerprint density at radius 3 is 2.57 bits per heavy atom. The van der Waals surface area contributed by atoms with Crippen LogP contribution in [0.4, 0.5) is 0 Å². The number of allylic oxidation sites excluding steroid dienone is 4. The van der Waals surface area contributed by atoms with Crippen molar-refractivity contribution >= 4 is 0 Å². The fourth-order valence-electron chi connectivity index (χ4n) is 1.37. The van der Waals surface area contributed by atoms with E-state index in [1.54, 1.807) is 7.11 Å². The molecule has 0 radical (unpaired) electrons. The lowest BCUT2D eigenvalue weighted by Gasteiger charge is -2.08. The van der Waals surface area contributed by atoms with Crippen LogP contribution in [-0.4, -0.2) is 13.7 Å². The molecule has 0 unspecified atom stereocenters. The molecule has 1 rings (SSSR count). The van der Waals surface area contributed by atoms with Gasteiger partial charge in [-0.25, -0.2) is 0 Å². The highest BCUT2D eigenvalue weighted by Gasteiger charge is 2.07. The van der Waals surface area contributed by atoms with Crippen molar-refractivity contribution in [1.82, 2.24) is 0 Å². The molecule has 0 spiro atoms. The average molecular weight is 194 g/mol. The summed E-state index contributed by atoms with van der Waals surface area (Å²) in [7, 11) is 1.70. The lowest BCUT2D eigenvalue weighted by molar-refractivity contribution is 0.203. The van der Waals surface area contributed by atoms with Gasteiger partial charge in [0.1, 0.15) is 11.5 Å². The Bertz CT molecular complexity index is 272. The molecule has 2 nitrogen and oxygen atoms in total. The van der Waals surface area contributed by atoms with E-state index in [1.165, 1.54) is 5.57 Å². The molecule has 0 heterocycles. The molecule has 0 aromatic rings. The zero-order valence-electron chi connectivity index (χ0n) is 9.17. The van der Waals surface area contributed by atoms with Crippen LogP contribution >= 0.6 is 0 Å². The molecule has 0 saturated carbocycles. The first-order chi connectivity index (χ1) is 6.80. The normalized spacial score (nSPS) is 16.4. The Hall–Kier alpha value is -1.18. The number of ether oxygens (including phenoxy) is 2. The van der Waals surface area contributed by atoms with Crippen molar-refractivity contribution in [2.75, 3.05) is 13.7 Å². The van der Waals surface area contributed by atoms with Gasteiger partial charge in [0, 0.05) is 0 Å². The summed E-state index contributed by atoms with van der Waals surface area (Å²) in [5, 5.41) is 0. The van der Waals surface area contributed by atoms with Crippen molar-refractivity contribution < 1.29 is 9.47 Å². The second-order valence-corrected chi connectivity index (χ2v) is 3.15. The molecule has 1 aliphatic rings. The predicted octanol–water partition coefficient (Wildman–Crippen LogP) is 3.18. The molecule has 0 saturated heterocycles. The Morgan fingerprint density at radius 2 is 2.00 bits per heavy atom. The van der Waals surface area contributed by atoms with Gasteiger partial charge in [0.15, 0.2) is 0 Å². The second kappa shape index (κ2) is 5.53. The van der Waals surface area contributed by atoms with E-state index in [0.29, 0.717) is 6.61 Å². The molecule has 0 N–H and O–H groups in total.